The predicted octanol–water partition coefficient (Wildman–Crippen LogP) is 5.09. The molecule has 3 heteroatoms. The van der Waals surface area contributed by atoms with Crippen molar-refractivity contribution in [3.8, 4) is 0 Å². The molecule has 3 rings (SSSR count). The fourth-order valence-corrected chi connectivity index (χ4v) is 3.64. The Hall–Kier alpha value is -1.90. The Bertz CT molecular complexity index is 583. The van der Waals surface area contributed by atoms with Gasteiger partial charge in [-0.2, -0.15) is 0 Å². The van der Waals surface area contributed by atoms with Gasteiger partial charge in [0.1, 0.15) is 5.82 Å². The Balaban J connectivity index is 1.63. The minimum absolute atomic E-state index is 0.0204. The van der Waals surface area contributed by atoms with Crippen LogP contribution in [0, 0.1) is 23.6 Å². The van der Waals surface area contributed by atoms with Gasteiger partial charge in [0, 0.05) is 5.92 Å². The zero-order valence-corrected chi connectivity index (χ0v) is 13.4. The molecule has 0 aromatic heterocycles. The number of allylic oxidation sites excluding steroid dienone is 4. The standard InChI is InChI=1S/C20H24FNO/c21-17-13-9-10-14-18(17)22-20(23)19-15-11-7-5-3-1-2-4-6-8-12-16(15)19/h3-6,9-10,13-16,19H,1-2,7-8,11-12H2,(H,22,23)/b5-3-,6-4+/t15-,16-,19?/m0/s1. The molecular formula is C20H24FNO. The van der Waals surface area contributed by atoms with Crippen LogP contribution in [-0.4, -0.2) is 5.91 Å². The van der Waals surface area contributed by atoms with Crippen molar-refractivity contribution >= 4 is 11.6 Å². The van der Waals surface area contributed by atoms with E-state index in [2.05, 4.69) is 29.6 Å². The highest BCUT2D eigenvalue weighted by atomic mass is 19.1. The summed E-state index contributed by atoms with van der Waals surface area (Å²) in [7, 11) is 0. The van der Waals surface area contributed by atoms with Gasteiger partial charge in [0.05, 0.1) is 5.69 Å². The van der Waals surface area contributed by atoms with Gasteiger partial charge in [0.15, 0.2) is 0 Å². The van der Waals surface area contributed by atoms with E-state index in [1.54, 1.807) is 18.2 Å². The van der Waals surface area contributed by atoms with Crippen molar-refractivity contribution in [3.63, 3.8) is 0 Å². The summed E-state index contributed by atoms with van der Waals surface area (Å²) in [6.45, 7) is 0. The number of anilines is 1. The highest BCUT2D eigenvalue weighted by molar-refractivity contribution is 5.95. The summed E-state index contributed by atoms with van der Waals surface area (Å²) >= 11 is 0. The van der Waals surface area contributed by atoms with E-state index in [9.17, 15) is 9.18 Å². The lowest BCUT2D eigenvalue weighted by molar-refractivity contribution is -0.117. The van der Waals surface area contributed by atoms with Crippen molar-refractivity contribution < 1.29 is 9.18 Å². The van der Waals surface area contributed by atoms with E-state index in [1.807, 2.05) is 0 Å². The highest BCUT2D eigenvalue weighted by Crippen LogP contribution is 2.52. The van der Waals surface area contributed by atoms with Crippen LogP contribution in [0.25, 0.3) is 0 Å². The molecule has 0 spiro atoms. The first-order chi connectivity index (χ1) is 11.3. The SMILES string of the molecule is O=C(Nc1ccccc1F)C1[C@H]2CC/C=C\CC/C=C/CC[C@H]12. The van der Waals surface area contributed by atoms with Crippen LogP contribution in [0.4, 0.5) is 10.1 Å². The molecule has 1 N–H and O–H groups in total. The smallest absolute Gasteiger partial charge is 0.228 e. The van der Waals surface area contributed by atoms with Gasteiger partial charge >= 0.3 is 0 Å². The fraction of sp³-hybridized carbons (Fsp3) is 0.450. The summed E-state index contributed by atoms with van der Waals surface area (Å²) in [5.74, 6) is 0.537. The van der Waals surface area contributed by atoms with Crippen LogP contribution in [0.2, 0.25) is 0 Å². The Kier molecular flexibility index (Phi) is 5.27. The Morgan fingerprint density at radius 1 is 0.913 bits per heavy atom. The van der Waals surface area contributed by atoms with Crippen molar-refractivity contribution in [3.05, 3.63) is 54.4 Å². The van der Waals surface area contributed by atoms with E-state index < -0.39 is 0 Å². The van der Waals surface area contributed by atoms with Crippen molar-refractivity contribution in [2.24, 2.45) is 17.8 Å². The van der Waals surface area contributed by atoms with Crippen LogP contribution < -0.4 is 5.32 Å². The Morgan fingerprint density at radius 3 is 2.09 bits per heavy atom. The molecule has 23 heavy (non-hydrogen) atoms. The topological polar surface area (TPSA) is 29.1 Å². The fourth-order valence-electron chi connectivity index (χ4n) is 3.64. The molecule has 0 saturated heterocycles. The third-order valence-electron chi connectivity index (χ3n) is 4.93. The minimum Gasteiger partial charge on any atom is -0.323 e. The number of hydrogen-bond donors (Lipinski definition) is 1. The molecule has 0 aliphatic heterocycles. The molecule has 1 amide bonds. The third-order valence-corrected chi connectivity index (χ3v) is 4.93. The first kappa shape index (κ1) is 16.0. The molecule has 1 unspecified atom stereocenters. The lowest BCUT2D eigenvalue weighted by Gasteiger charge is -2.05. The third kappa shape index (κ3) is 4.10. The number of hydrogen-bond acceptors (Lipinski definition) is 1. The molecule has 2 aliphatic carbocycles. The van der Waals surface area contributed by atoms with Gasteiger partial charge < -0.3 is 5.32 Å². The maximum atomic E-state index is 13.7. The number of rotatable bonds is 2. The van der Waals surface area contributed by atoms with Gasteiger partial charge in [-0.05, 0) is 62.5 Å². The number of halogens is 1. The summed E-state index contributed by atoms with van der Waals surface area (Å²) in [5.41, 5.74) is 0.291. The van der Waals surface area contributed by atoms with Gasteiger partial charge in [-0.3, -0.25) is 4.79 Å². The molecule has 1 saturated carbocycles. The van der Waals surface area contributed by atoms with E-state index in [-0.39, 0.29) is 17.6 Å². The lowest BCUT2D eigenvalue weighted by Crippen LogP contribution is -2.16. The molecule has 3 atom stereocenters. The Labute approximate surface area is 137 Å². The van der Waals surface area contributed by atoms with Crippen molar-refractivity contribution in [1.29, 1.82) is 0 Å². The second-order valence-corrected chi connectivity index (χ2v) is 6.50. The van der Waals surface area contributed by atoms with Gasteiger partial charge in [0.25, 0.3) is 0 Å². The van der Waals surface area contributed by atoms with Gasteiger partial charge in [-0.1, -0.05) is 36.4 Å². The molecule has 0 bridgehead atoms. The second-order valence-electron chi connectivity index (χ2n) is 6.50. The van der Waals surface area contributed by atoms with E-state index in [1.165, 1.54) is 6.07 Å². The van der Waals surface area contributed by atoms with E-state index in [4.69, 9.17) is 0 Å². The number of nitrogens with one attached hydrogen (secondary N) is 1. The van der Waals surface area contributed by atoms with Gasteiger partial charge in [-0.25, -0.2) is 4.39 Å². The summed E-state index contributed by atoms with van der Waals surface area (Å²) < 4.78 is 13.7. The van der Waals surface area contributed by atoms with Crippen molar-refractivity contribution in [2.45, 2.75) is 38.5 Å². The highest BCUT2D eigenvalue weighted by Gasteiger charge is 2.52. The van der Waals surface area contributed by atoms with E-state index in [0.29, 0.717) is 17.5 Å². The average molecular weight is 313 g/mol. The van der Waals surface area contributed by atoms with Crippen molar-refractivity contribution in [2.75, 3.05) is 5.32 Å². The predicted molar refractivity (Wildman–Crippen MR) is 91.5 cm³/mol. The maximum Gasteiger partial charge on any atom is 0.228 e. The summed E-state index contributed by atoms with van der Waals surface area (Å²) in [6, 6.07) is 6.37. The summed E-state index contributed by atoms with van der Waals surface area (Å²) in [4.78, 5) is 12.5. The maximum absolute atomic E-state index is 13.7. The van der Waals surface area contributed by atoms with Crippen LogP contribution in [-0.2, 0) is 4.79 Å². The molecule has 2 aliphatic rings. The van der Waals surface area contributed by atoms with Crippen molar-refractivity contribution in [1.82, 2.24) is 0 Å². The number of fused-ring (bicyclic) bond motifs is 1. The van der Waals surface area contributed by atoms with Gasteiger partial charge in [-0.15, -0.1) is 0 Å². The first-order valence-electron chi connectivity index (χ1n) is 8.63. The van der Waals surface area contributed by atoms with Crippen LogP contribution in [0.1, 0.15) is 38.5 Å². The number of carbonyl (C=O) groups is 1. The summed E-state index contributed by atoms with van der Waals surface area (Å²) in [6.07, 6.45) is 15.3. The lowest BCUT2D eigenvalue weighted by atomic mass is 10.1. The van der Waals surface area contributed by atoms with E-state index >= 15 is 0 Å². The molecule has 1 aromatic carbocycles. The molecule has 1 fully saturated rings. The minimum atomic E-state index is -0.369. The number of benzene rings is 1. The number of carbonyl (C=O) groups excluding carboxylic acids is 1. The molecule has 122 valence electrons. The average Bonchev–Trinajstić information content (AvgIpc) is 3.22. The molecule has 1 aromatic rings. The van der Waals surface area contributed by atoms with Gasteiger partial charge in [0.2, 0.25) is 5.91 Å². The second kappa shape index (κ2) is 7.58. The summed E-state index contributed by atoms with van der Waals surface area (Å²) in [5, 5.41) is 2.78. The quantitative estimate of drug-likeness (QED) is 0.757. The van der Waals surface area contributed by atoms with Crippen LogP contribution in [0.5, 0.6) is 0 Å². The Morgan fingerprint density at radius 2 is 1.48 bits per heavy atom. The number of para-hydroxylation sites is 1. The molecular weight excluding hydrogens is 289 g/mol. The zero-order valence-electron chi connectivity index (χ0n) is 13.4. The monoisotopic (exact) mass is 313 g/mol. The molecule has 0 radical (unpaired) electrons. The largest absolute Gasteiger partial charge is 0.323 e. The van der Waals surface area contributed by atoms with E-state index in [0.717, 1.165) is 38.5 Å². The molecule has 0 heterocycles. The zero-order chi connectivity index (χ0) is 16.1. The van der Waals surface area contributed by atoms with Crippen LogP contribution in [0.15, 0.2) is 48.6 Å². The first-order valence-corrected chi connectivity index (χ1v) is 8.63. The normalized spacial score (nSPS) is 30.2. The molecule has 2 nitrogen and oxygen atoms in total. The number of amides is 1. The van der Waals surface area contributed by atoms with Crippen LogP contribution in [0.3, 0.4) is 0 Å². The van der Waals surface area contributed by atoms with Crippen LogP contribution >= 0.6 is 0 Å².